The van der Waals surface area contributed by atoms with Gasteiger partial charge in [0.25, 0.3) is 11.7 Å². The maximum absolute atomic E-state index is 13.4. The second kappa shape index (κ2) is 9.06. The Morgan fingerprint density at radius 1 is 0.943 bits per heavy atom. The largest absolute Gasteiger partial charge is 0.507 e. The lowest BCUT2D eigenvalue weighted by molar-refractivity contribution is -0.132. The summed E-state index contributed by atoms with van der Waals surface area (Å²) in [5, 5.41) is 11.5. The number of carbonyl (C=O) groups excluding carboxylic acids is 2. The van der Waals surface area contributed by atoms with E-state index in [4.69, 9.17) is 4.74 Å². The first-order chi connectivity index (χ1) is 16.5. The molecule has 0 bridgehead atoms. The minimum absolute atomic E-state index is 0.0498. The van der Waals surface area contributed by atoms with Crippen molar-refractivity contribution in [3.05, 3.63) is 100 Å². The van der Waals surface area contributed by atoms with Crippen LogP contribution in [0.1, 0.15) is 54.6 Å². The van der Waals surface area contributed by atoms with Gasteiger partial charge >= 0.3 is 0 Å². The van der Waals surface area contributed by atoms with Gasteiger partial charge in [-0.3, -0.25) is 14.5 Å². The summed E-state index contributed by atoms with van der Waals surface area (Å²) < 4.78 is 5.36. The Kier molecular flexibility index (Phi) is 6.28. The third-order valence-corrected chi connectivity index (χ3v) is 6.52. The van der Waals surface area contributed by atoms with Crippen molar-refractivity contribution in [2.45, 2.75) is 46.1 Å². The normalized spacial score (nSPS) is 17.7. The molecule has 1 N–H and O–H groups in total. The first kappa shape index (κ1) is 24.3. The maximum atomic E-state index is 13.4. The molecule has 35 heavy (non-hydrogen) atoms. The summed E-state index contributed by atoms with van der Waals surface area (Å²) in [6.45, 7) is 10.2. The second-order valence-corrected chi connectivity index (χ2v) is 10.1. The van der Waals surface area contributed by atoms with Crippen molar-refractivity contribution >= 4 is 23.1 Å². The quantitative estimate of drug-likeness (QED) is 0.279. The average Bonchev–Trinajstić information content (AvgIpc) is 3.10. The van der Waals surface area contributed by atoms with E-state index in [9.17, 15) is 14.7 Å². The number of ether oxygens (including phenoxy) is 1. The molecule has 5 heteroatoms. The van der Waals surface area contributed by atoms with Crippen LogP contribution in [0.15, 0.2) is 72.3 Å². The predicted molar refractivity (Wildman–Crippen MR) is 139 cm³/mol. The molecule has 180 valence electrons. The summed E-state index contributed by atoms with van der Waals surface area (Å²) >= 11 is 0. The highest BCUT2D eigenvalue weighted by atomic mass is 16.5. The number of hydrogen-bond acceptors (Lipinski definition) is 4. The van der Waals surface area contributed by atoms with Crippen molar-refractivity contribution in [1.29, 1.82) is 0 Å². The fourth-order valence-electron chi connectivity index (χ4n) is 4.48. The number of benzene rings is 3. The van der Waals surface area contributed by atoms with Crippen LogP contribution in [-0.2, 0) is 15.0 Å². The first-order valence-electron chi connectivity index (χ1n) is 11.7. The number of hydrogen-bond donors (Lipinski definition) is 1. The van der Waals surface area contributed by atoms with E-state index < -0.39 is 17.7 Å². The molecule has 3 aromatic carbocycles. The predicted octanol–water partition coefficient (Wildman–Crippen LogP) is 6.24. The highest BCUT2D eigenvalue weighted by Crippen LogP contribution is 2.43. The molecule has 4 rings (SSSR count). The summed E-state index contributed by atoms with van der Waals surface area (Å²) in [6.07, 6.45) is 0. The molecule has 0 aliphatic carbocycles. The van der Waals surface area contributed by atoms with E-state index in [0.717, 1.165) is 22.3 Å². The first-order valence-corrected chi connectivity index (χ1v) is 11.7. The number of amides is 1. The Balaban J connectivity index is 1.96. The van der Waals surface area contributed by atoms with Gasteiger partial charge in [-0.25, -0.2) is 0 Å². The van der Waals surface area contributed by atoms with E-state index in [-0.39, 0.29) is 16.7 Å². The van der Waals surface area contributed by atoms with Crippen LogP contribution in [0.2, 0.25) is 0 Å². The molecule has 0 radical (unpaired) electrons. The molecule has 1 aliphatic heterocycles. The van der Waals surface area contributed by atoms with Crippen molar-refractivity contribution in [3.63, 3.8) is 0 Å². The van der Waals surface area contributed by atoms with E-state index in [1.165, 1.54) is 4.90 Å². The fourth-order valence-corrected chi connectivity index (χ4v) is 4.48. The molecular weight excluding hydrogens is 438 g/mol. The minimum Gasteiger partial charge on any atom is -0.507 e. The lowest BCUT2D eigenvalue weighted by Gasteiger charge is -2.27. The number of aliphatic hydroxyl groups is 1. The molecule has 1 saturated heterocycles. The van der Waals surface area contributed by atoms with Crippen LogP contribution in [0.25, 0.3) is 5.76 Å². The third-order valence-electron chi connectivity index (χ3n) is 6.52. The zero-order valence-electron chi connectivity index (χ0n) is 21.0. The number of carbonyl (C=O) groups is 2. The molecular formula is C30H31NO4. The number of aliphatic hydroxyl groups excluding tert-OH is 1. The number of ketones is 1. The molecule has 1 amide bonds. The number of methoxy groups -OCH3 is 1. The van der Waals surface area contributed by atoms with Crippen LogP contribution in [0.4, 0.5) is 5.69 Å². The van der Waals surface area contributed by atoms with Gasteiger partial charge in [0.1, 0.15) is 11.5 Å². The van der Waals surface area contributed by atoms with E-state index in [1.807, 2.05) is 56.3 Å². The van der Waals surface area contributed by atoms with E-state index >= 15 is 0 Å². The molecule has 0 aromatic heterocycles. The molecule has 1 aliphatic rings. The third kappa shape index (κ3) is 4.46. The average molecular weight is 470 g/mol. The van der Waals surface area contributed by atoms with Gasteiger partial charge in [0, 0.05) is 17.3 Å². The molecule has 1 heterocycles. The van der Waals surface area contributed by atoms with E-state index in [2.05, 4.69) is 20.8 Å². The zero-order valence-corrected chi connectivity index (χ0v) is 21.0. The SMILES string of the molecule is COc1cccc(N2C(=O)C(=O)/C(=C(/O)c3cc(C)ccc3C)C2c2ccc(C(C)(C)C)cc2)c1. The second-order valence-electron chi connectivity index (χ2n) is 10.1. The summed E-state index contributed by atoms with van der Waals surface area (Å²) in [5.41, 5.74) is 4.75. The topological polar surface area (TPSA) is 66.8 Å². The maximum Gasteiger partial charge on any atom is 0.300 e. The van der Waals surface area contributed by atoms with Crippen molar-refractivity contribution in [1.82, 2.24) is 0 Å². The fraction of sp³-hybridized carbons (Fsp3) is 0.267. The van der Waals surface area contributed by atoms with Crippen molar-refractivity contribution < 1.29 is 19.4 Å². The Morgan fingerprint density at radius 3 is 2.26 bits per heavy atom. The Hall–Kier alpha value is -3.86. The van der Waals surface area contributed by atoms with Gasteiger partial charge in [0.15, 0.2) is 0 Å². The molecule has 5 nitrogen and oxygen atoms in total. The number of rotatable bonds is 4. The molecule has 1 fully saturated rings. The van der Waals surface area contributed by atoms with Gasteiger partial charge in [-0.2, -0.15) is 0 Å². The van der Waals surface area contributed by atoms with Gasteiger partial charge in [0.05, 0.1) is 18.7 Å². The lowest BCUT2D eigenvalue weighted by atomic mass is 9.85. The van der Waals surface area contributed by atoms with Crippen LogP contribution < -0.4 is 9.64 Å². The van der Waals surface area contributed by atoms with Crippen molar-refractivity contribution in [2.75, 3.05) is 12.0 Å². The van der Waals surface area contributed by atoms with E-state index in [1.54, 1.807) is 31.4 Å². The summed E-state index contributed by atoms with van der Waals surface area (Å²) in [5.74, 6) is -0.994. The van der Waals surface area contributed by atoms with Crippen LogP contribution in [0, 0.1) is 13.8 Å². The summed E-state index contributed by atoms with van der Waals surface area (Å²) in [6, 6.07) is 19.8. The van der Waals surface area contributed by atoms with Crippen LogP contribution in [0.5, 0.6) is 5.75 Å². The van der Waals surface area contributed by atoms with Gasteiger partial charge in [-0.05, 0) is 54.2 Å². The monoisotopic (exact) mass is 469 g/mol. The lowest BCUT2D eigenvalue weighted by Crippen LogP contribution is -2.29. The Labute approximate surface area is 206 Å². The molecule has 3 aromatic rings. The number of nitrogens with zero attached hydrogens (tertiary/aromatic N) is 1. The Morgan fingerprint density at radius 2 is 1.63 bits per heavy atom. The Bertz CT molecular complexity index is 1330. The van der Waals surface area contributed by atoms with Crippen molar-refractivity contribution in [2.24, 2.45) is 0 Å². The van der Waals surface area contributed by atoms with Gasteiger partial charge in [0.2, 0.25) is 0 Å². The summed E-state index contributed by atoms with van der Waals surface area (Å²) in [4.78, 5) is 28.3. The number of aryl methyl sites for hydroxylation is 2. The molecule has 1 unspecified atom stereocenters. The highest BCUT2D eigenvalue weighted by Gasteiger charge is 2.47. The van der Waals surface area contributed by atoms with Gasteiger partial charge < -0.3 is 9.84 Å². The van der Waals surface area contributed by atoms with Gasteiger partial charge in [-0.1, -0.05) is 68.8 Å². The summed E-state index contributed by atoms with van der Waals surface area (Å²) in [7, 11) is 1.55. The van der Waals surface area contributed by atoms with E-state index in [0.29, 0.717) is 17.0 Å². The van der Waals surface area contributed by atoms with Crippen LogP contribution in [0.3, 0.4) is 0 Å². The highest BCUT2D eigenvalue weighted by molar-refractivity contribution is 6.51. The standard InChI is InChI=1S/C30H31NO4/c1-18-10-11-19(2)24(16-18)27(32)25-26(20-12-14-21(15-13-20)30(3,4)5)31(29(34)28(25)33)22-8-7-9-23(17-22)35-6/h7-17,26,32H,1-6H3/b27-25+. The molecule has 1 atom stereocenters. The van der Waals surface area contributed by atoms with Crippen molar-refractivity contribution in [3.8, 4) is 5.75 Å². The smallest absolute Gasteiger partial charge is 0.300 e. The zero-order chi connectivity index (χ0) is 25.5. The van der Waals surface area contributed by atoms with Crippen LogP contribution >= 0.6 is 0 Å². The number of Topliss-reactive ketones (excluding diaryl/α,β-unsaturated/α-hetero) is 1. The van der Waals surface area contributed by atoms with Crippen LogP contribution in [-0.4, -0.2) is 23.9 Å². The van der Waals surface area contributed by atoms with Gasteiger partial charge in [-0.15, -0.1) is 0 Å². The minimum atomic E-state index is -0.781. The molecule has 0 spiro atoms. The molecule has 0 saturated carbocycles. The number of anilines is 1.